The molecule has 0 bridgehead atoms. The van der Waals surface area contributed by atoms with E-state index in [1.54, 1.807) is 22.7 Å². The molecule has 5 rings (SSSR count). The van der Waals surface area contributed by atoms with Crippen LogP contribution in [0.4, 0.5) is 4.39 Å². The van der Waals surface area contributed by atoms with Crippen molar-refractivity contribution in [2.75, 3.05) is 0 Å². The number of carbonyl (C=O) groups excluding carboxylic acids is 1. The Balaban J connectivity index is 1.42. The number of rotatable bonds is 4. The molecule has 1 saturated carbocycles. The van der Waals surface area contributed by atoms with Crippen LogP contribution in [0.1, 0.15) is 51.9 Å². The fourth-order valence-electron chi connectivity index (χ4n) is 4.74. The van der Waals surface area contributed by atoms with Crippen molar-refractivity contribution in [2.45, 2.75) is 51.3 Å². The summed E-state index contributed by atoms with van der Waals surface area (Å²) < 4.78 is 17.0. The molecule has 0 saturated heterocycles. The second-order valence-corrected chi connectivity index (χ2v) is 8.29. The summed E-state index contributed by atoms with van der Waals surface area (Å²) in [7, 11) is 0. The van der Waals surface area contributed by atoms with Crippen molar-refractivity contribution in [1.29, 1.82) is 0 Å². The number of fused-ring (bicyclic) bond motifs is 1. The number of aliphatic hydroxyl groups excluding tert-OH is 1. The van der Waals surface area contributed by atoms with Gasteiger partial charge in [0, 0.05) is 23.5 Å². The van der Waals surface area contributed by atoms with E-state index in [0.717, 1.165) is 29.7 Å². The normalized spacial score (nSPS) is 20.8. The lowest BCUT2D eigenvalue weighted by atomic mass is 9.95. The van der Waals surface area contributed by atoms with Crippen molar-refractivity contribution >= 4 is 5.91 Å². The van der Waals surface area contributed by atoms with Crippen molar-refractivity contribution in [1.82, 2.24) is 14.7 Å². The van der Waals surface area contributed by atoms with Gasteiger partial charge in [0.05, 0.1) is 24.4 Å². The highest BCUT2D eigenvalue weighted by molar-refractivity contribution is 5.99. The lowest BCUT2D eigenvalue weighted by Crippen LogP contribution is -2.40. The fourth-order valence-corrected chi connectivity index (χ4v) is 4.74. The van der Waals surface area contributed by atoms with E-state index in [-0.39, 0.29) is 24.3 Å². The van der Waals surface area contributed by atoms with Gasteiger partial charge in [-0.05, 0) is 73.6 Å². The molecule has 1 aliphatic heterocycles. The molecule has 6 heteroatoms. The van der Waals surface area contributed by atoms with E-state index in [0.29, 0.717) is 29.5 Å². The third kappa shape index (κ3) is 3.12. The van der Waals surface area contributed by atoms with Crippen LogP contribution in [0, 0.1) is 12.7 Å². The van der Waals surface area contributed by atoms with Gasteiger partial charge in [-0.3, -0.25) is 4.79 Å². The van der Waals surface area contributed by atoms with Gasteiger partial charge >= 0.3 is 0 Å². The van der Waals surface area contributed by atoms with E-state index in [9.17, 15) is 9.90 Å². The van der Waals surface area contributed by atoms with Crippen LogP contribution >= 0.6 is 0 Å². The minimum atomic E-state index is -0.514. The molecule has 1 N–H and O–H groups in total. The summed E-state index contributed by atoms with van der Waals surface area (Å²) in [5, 5.41) is 14.4. The van der Waals surface area contributed by atoms with Gasteiger partial charge in [0.2, 0.25) is 0 Å². The van der Waals surface area contributed by atoms with Crippen LogP contribution in [0.3, 0.4) is 0 Å². The first-order chi connectivity index (χ1) is 14.5. The van der Waals surface area contributed by atoms with Crippen molar-refractivity contribution in [3.8, 4) is 5.69 Å². The summed E-state index contributed by atoms with van der Waals surface area (Å²) in [4.78, 5) is 14.7. The van der Waals surface area contributed by atoms with Crippen LogP contribution in [0.5, 0.6) is 0 Å². The van der Waals surface area contributed by atoms with Crippen molar-refractivity contribution in [3.63, 3.8) is 0 Å². The van der Waals surface area contributed by atoms with E-state index >= 15 is 4.39 Å². The molecule has 5 nitrogen and oxygen atoms in total. The molecule has 2 aromatic carbocycles. The zero-order valence-electron chi connectivity index (χ0n) is 16.9. The lowest BCUT2D eigenvalue weighted by Gasteiger charge is -2.26. The Morgan fingerprint density at radius 3 is 2.70 bits per heavy atom. The average Bonchev–Trinajstić information content (AvgIpc) is 3.48. The molecule has 0 spiro atoms. The smallest absolute Gasteiger partial charge is 0.254 e. The lowest BCUT2D eigenvalue weighted by molar-refractivity contribution is 0.0478. The number of aromatic nitrogens is 2. The molecule has 1 aromatic heterocycles. The summed E-state index contributed by atoms with van der Waals surface area (Å²) in [5.74, 6) is -0.455. The maximum Gasteiger partial charge on any atom is 0.254 e. The highest BCUT2D eigenvalue weighted by atomic mass is 19.1. The summed E-state index contributed by atoms with van der Waals surface area (Å²) in [6.07, 6.45) is 6.02. The number of carbonyl (C=O) groups is 1. The molecule has 1 fully saturated rings. The second kappa shape index (κ2) is 7.36. The van der Waals surface area contributed by atoms with Crippen LogP contribution in [0.25, 0.3) is 5.69 Å². The number of hydrogen-bond acceptors (Lipinski definition) is 3. The van der Waals surface area contributed by atoms with Gasteiger partial charge in [0.1, 0.15) is 5.82 Å². The van der Waals surface area contributed by atoms with Crippen molar-refractivity contribution in [2.24, 2.45) is 0 Å². The Morgan fingerprint density at radius 1 is 1.23 bits per heavy atom. The Morgan fingerprint density at radius 2 is 2.03 bits per heavy atom. The molecular weight excluding hydrogens is 381 g/mol. The highest BCUT2D eigenvalue weighted by Crippen LogP contribution is 2.35. The number of halogens is 1. The summed E-state index contributed by atoms with van der Waals surface area (Å²) in [6, 6.07) is 11.5. The van der Waals surface area contributed by atoms with E-state index in [4.69, 9.17) is 0 Å². The van der Waals surface area contributed by atoms with Gasteiger partial charge < -0.3 is 10.0 Å². The average molecular weight is 405 g/mol. The Labute approximate surface area is 174 Å². The number of aliphatic hydroxyl groups is 1. The van der Waals surface area contributed by atoms with Gasteiger partial charge in [-0.2, -0.15) is 5.10 Å². The molecule has 2 aliphatic rings. The number of hydrogen-bond donors (Lipinski definition) is 1. The number of nitrogens with zero attached hydrogens (tertiary/aromatic N) is 3. The molecule has 154 valence electrons. The Hall–Kier alpha value is -2.99. The van der Waals surface area contributed by atoms with Gasteiger partial charge in [-0.1, -0.05) is 12.1 Å². The van der Waals surface area contributed by atoms with Gasteiger partial charge in [-0.25, -0.2) is 9.07 Å². The monoisotopic (exact) mass is 405 g/mol. The first-order valence-corrected chi connectivity index (χ1v) is 10.4. The predicted octanol–water partition coefficient (Wildman–Crippen LogP) is 3.78. The van der Waals surface area contributed by atoms with Crippen LogP contribution in [0.15, 0.2) is 48.8 Å². The quantitative estimate of drug-likeness (QED) is 0.719. The van der Waals surface area contributed by atoms with E-state index in [1.165, 1.54) is 0 Å². The van der Waals surface area contributed by atoms with Crippen molar-refractivity contribution in [3.05, 3.63) is 82.4 Å². The predicted molar refractivity (Wildman–Crippen MR) is 111 cm³/mol. The van der Waals surface area contributed by atoms with E-state index in [2.05, 4.69) is 5.10 Å². The minimum absolute atomic E-state index is 0.162. The molecule has 3 aromatic rings. The Bertz CT molecular complexity index is 1090. The second-order valence-electron chi connectivity index (χ2n) is 8.29. The first-order valence-electron chi connectivity index (χ1n) is 10.4. The maximum absolute atomic E-state index is 15.2. The number of benzene rings is 2. The number of amides is 1. The summed E-state index contributed by atoms with van der Waals surface area (Å²) in [5.41, 5.74) is 4.32. The first kappa shape index (κ1) is 19.0. The third-order valence-corrected chi connectivity index (χ3v) is 6.48. The van der Waals surface area contributed by atoms with Gasteiger partial charge in [0.15, 0.2) is 0 Å². The van der Waals surface area contributed by atoms with Crippen LogP contribution in [0.2, 0.25) is 0 Å². The van der Waals surface area contributed by atoms with Gasteiger partial charge in [0.25, 0.3) is 5.91 Å². The van der Waals surface area contributed by atoms with Crippen molar-refractivity contribution < 1.29 is 14.3 Å². The largest absolute Gasteiger partial charge is 0.391 e. The zero-order valence-corrected chi connectivity index (χ0v) is 16.9. The zero-order chi connectivity index (χ0) is 20.8. The standard InChI is InChI=1S/C24H24FN3O2/c1-15-17(12-16-6-8-18(9-7-16)28-11-3-10-26-28)13-19-20(23(15)25)14-27(24(19)30)21-4-2-5-22(21)29/h3,6-11,13,21-22,29H,2,4-5,12,14H2,1H3/t21-,22-/m1/s1. The molecule has 2 atom stereocenters. The Kier molecular flexibility index (Phi) is 4.66. The molecule has 30 heavy (non-hydrogen) atoms. The molecule has 1 amide bonds. The maximum atomic E-state index is 15.2. The third-order valence-electron chi connectivity index (χ3n) is 6.48. The molecular formula is C24H24FN3O2. The fraction of sp³-hybridized carbons (Fsp3) is 0.333. The van der Waals surface area contributed by atoms with Crippen LogP contribution in [-0.4, -0.2) is 37.8 Å². The molecule has 2 heterocycles. The highest BCUT2D eigenvalue weighted by Gasteiger charge is 2.40. The van der Waals surface area contributed by atoms with Gasteiger partial charge in [-0.15, -0.1) is 0 Å². The van der Waals surface area contributed by atoms with Crippen LogP contribution < -0.4 is 0 Å². The summed E-state index contributed by atoms with van der Waals surface area (Å²) in [6.45, 7) is 2.03. The molecule has 0 unspecified atom stereocenters. The summed E-state index contributed by atoms with van der Waals surface area (Å²) >= 11 is 0. The topological polar surface area (TPSA) is 58.4 Å². The SMILES string of the molecule is Cc1c(Cc2ccc(-n3cccn3)cc2)cc2c(c1F)CN([C@@H]1CCC[C@H]1O)C2=O. The molecule has 1 aliphatic carbocycles. The van der Waals surface area contributed by atoms with Crippen LogP contribution in [-0.2, 0) is 13.0 Å². The van der Waals surface area contributed by atoms with E-state index in [1.807, 2.05) is 42.6 Å². The minimum Gasteiger partial charge on any atom is -0.391 e. The van der Waals surface area contributed by atoms with E-state index < -0.39 is 6.10 Å². The molecule has 0 radical (unpaired) electrons.